The van der Waals surface area contributed by atoms with Gasteiger partial charge in [0.05, 0.1) is 12.0 Å². The van der Waals surface area contributed by atoms with Gasteiger partial charge in [-0.2, -0.15) is 0 Å². The van der Waals surface area contributed by atoms with E-state index in [4.69, 9.17) is 4.74 Å². The van der Waals surface area contributed by atoms with Crippen LogP contribution in [-0.2, 0) is 17.8 Å². The predicted molar refractivity (Wildman–Crippen MR) is 109 cm³/mol. The van der Waals surface area contributed by atoms with Crippen molar-refractivity contribution in [2.45, 2.75) is 57.1 Å². The molecule has 0 spiro atoms. The molecule has 1 aliphatic carbocycles. The molecule has 2 aromatic rings. The molecule has 152 valence electrons. The molecule has 3 aliphatic rings. The quantitative estimate of drug-likeness (QED) is 0.801. The van der Waals surface area contributed by atoms with Crippen molar-refractivity contribution in [3.8, 4) is 5.75 Å². The van der Waals surface area contributed by atoms with Gasteiger partial charge in [0.1, 0.15) is 5.75 Å². The van der Waals surface area contributed by atoms with Crippen LogP contribution >= 0.6 is 0 Å². The summed E-state index contributed by atoms with van der Waals surface area (Å²) >= 11 is 0. The number of hydrogen-bond acceptors (Lipinski definition) is 4. The van der Waals surface area contributed by atoms with Crippen molar-refractivity contribution in [3.63, 3.8) is 0 Å². The number of aryl methyl sites for hydroxylation is 1. The summed E-state index contributed by atoms with van der Waals surface area (Å²) in [6.45, 7) is 2.15. The van der Waals surface area contributed by atoms with Gasteiger partial charge in [-0.1, -0.05) is 18.2 Å². The molecule has 1 aromatic carbocycles. The SMILES string of the molecule is O=C(C1CCc2ccccc2O1)N1CCC(Cn2cnc(C3CC3)cc2=O)CC1. The van der Waals surface area contributed by atoms with Gasteiger partial charge in [0.2, 0.25) is 0 Å². The summed E-state index contributed by atoms with van der Waals surface area (Å²) in [5, 5.41) is 0. The first kappa shape index (κ1) is 18.4. The van der Waals surface area contributed by atoms with Gasteiger partial charge in [-0.25, -0.2) is 4.98 Å². The molecule has 5 rings (SSSR count). The lowest BCUT2D eigenvalue weighted by Crippen LogP contribution is -2.47. The van der Waals surface area contributed by atoms with E-state index in [0.717, 1.165) is 63.1 Å². The number of hydrogen-bond donors (Lipinski definition) is 0. The Morgan fingerprint density at radius 1 is 1.10 bits per heavy atom. The number of para-hydroxylation sites is 1. The van der Waals surface area contributed by atoms with E-state index in [1.807, 2.05) is 23.1 Å². The average Bonchev–Trinajstić information content (AvgIpc) is 3.60. The van der Waals surface area contributed by atoms with Crippen molar-refractivity contribution >= 4 is 5.91 Å². The molecule has 1 amide bonds. The maximum atomic E-state index is 12.9. The van der Waals surface area contributed by atoms with Crippen LogP contribution in [0.15, 0.2) is 41.5 Å². The van der Waals surface area contributed by atoms with Gasteiger partial charge < -0.3 is 9.64 Å². The molecule has 1 atom stereocenters. The lowest BCUT2D eigenvalue weighted by Gasteiger charge is -2.35. The van der Waals surface area contributed by atoms with Crippen molar-refractivity contribution in [3.05, 3.63) is 58.3 Å². The molecule has 29 heavy (non-hydrogen) atoms. The van der Waals surface area contributed by atoms with Gasteiger partial charge in [-0.3, -0.25) is 14.2 Å². The molecular weight excluding hydrogens is 366 g/mol. The molecule has 6 heteroatoms. The number of piperidine rings is 1. The summed E-state index contributed by atoms with van der Waals surface area (Å²) in [6.07, 6.45) is 7.08. The molecule has 6 nitrogen and oxygen atoms in total. The molecule has 0 radical (unpaired) electrons. The maximum absolute atomic E-state index is 12.9. The van der Waals surface area contributed by atoms with Gasteiger partial charge in [-0.15, -0.1) is 0 Å². The fraction of sp³-hybridized carbons (Fsp3) is 0.522. The van der Waals surface area contributed by atoms with Crippen LogP contribution in [0.1, 0.15) is 49.3 Å². The highest BCUT2D eigenvalue weighted by Gasteiger charge is 2.32. The van der Waals surface area contributed by atoms with E-state index >= 15 is 0 Å². The zero-order valence-electron chi connectivity index (χ0n) is 16.6. The Kier molecular flexibility index (Phi) is 4.86. The third-order valence-electron chi connectivity index (χ3n) is 6.47. The van der Waals surface area contributed by atoms with Crippen LogP contribution in [0.3, 0.4) is 0 Å². The van der Waals surface area contributed by atoms with E-state index < -0.39 is 0 Å². The lowest BCUT2D eigenvalue weighted by atomic mass is 9.95. The normalized spacial score (nSPS) is 22.1. The van der Waals surface area contributed by atoms with Crippen molar-refractivity contribution in [2.75, 3.05) is 13.1 Å². The third-order valence-corrected chi connectivity index (χ3v) is 6.47. The van der Waals surface area contributed by atoms with Crippen LogP contribution < -0.4 is 10.3 Å². The van der Waals surface area contributed by atoms with Crippen LogP contribution in [0.25, 0.3) is 0 Å². The number of carbonyl (C=O) groups excluding carboxylic acids is 1. The van der Waals surface area contributed by atoms with E-state index in [9.17, 15) is 9.59 Å². The number of ether oxygens (including phenoxy) is 1. The molecular formula is C23H27N3O3. The summed E-state index contributed by atoms with van der Waals surface area (Å²) in [5.41, 5.74) is 2.18. The molecule has 0 N–H and O–H groups in total. The van der Waals surface area contributed by atoms with Gasteiger partial charge in [0, 0.05) is 31.6 Å². The van der Waals surface area contributed by atoms with Crippen LogP contribution in [-0.4, -0.2) is 39.6 Å². The number of nitrogens with zero attached hydrogens (tertiary/aromatic N) is 3. The molecule has 3 heterocycles. The van der Waals surface area contributed by atoms with Gasteiger partial charge >= 0.3 is 0 Å². The Bertz CT molecular complexity index is 958. The Hall–Kier alpha value is -2.63. The van der Waals surface area contributed by atoms with Gasteiger partial charge in [0.15, 0.2) is 6.10 Å². The zero-order chi connectivity index (χ0) is 19.8. The minimum Gasteiger partial charge on any atom is -0.480 e. The molecule has 1 saturated carbocycles. The highest BCUT2D eigenvalue weighted by Crippen LogP contribution is 2.38. The van der Waals surface area contributed by atoms with Crippen molar-refractivity contribution in [1.82, 2.24) is 14.5 Å². The summed E-state index contributed by atoms with van der Waals surface area (Å²) in [7, 11) is 0. The standard InChI is InChI=1S/C23H27N3O3/c27-22-13-19(17-5-6-17)24-15-26(22)14-16-9-11-25(12-10-16)23(28)21-8-7-18-3-1-2-4-20(18)29-21/h1-4,13,15-17,21H,5-12,14H2. The Labute approximate surface area is 170 Å². The van der Waals surface area contributed by atoms with Crippen molar-refractivity contribution in [2.24, 2.45) is 5.92 Å². The predicted octanol–water partition coefficient (Wildman–Crippen LogP) is 2.75. The maximum Gasteiger partial charge on any atom is 0.263 e. The number of carbonyl (C=O) groups is 1. The summed E-state index contributed by atoms with van der Waals surface area (Å²) in [4.78, 5) is 31.7. The third kappa shape index (κ3) is 3.93. The van der Waals surface area contributed by atoms with Crippen LogP contribution in [0, 0.1) is 5.92 Å². The zero-order valence-corrected chi connectivity index (χ0v) is 16.6. The van der Waals surface area contributed by atoms with E-state index in [1.54, 1.807) is 17.0 Å². The molecule has 1 aromatic heterocycles. The number of fused-ring (bicyclic) bond motifs is 1. The summed E-state index contributed by atoms with van der Waals surface area (Å²) in [6, 6.07) is 9.67. The van der Waals surface area contributed by atoms with E-state index in [-0.39, 0.29) is 17.6 Å². The van der Waals surface area contributed by atoms with Gasteiger partial charge in [0.25, 0.3) is 11.5 Å². The number of aromatic nitrogens is 2. The minimum absolute atomic E-state index is 0.0506. The molecule has 1 unspecified atom stereocenters. The highest BCUT2D eigenvalue weighted by atomic mass is 16.5. The number of rotatable bonds is 4. The smallest absolute Gasteiger partial charge is 0.263 e. The first-order valence-electron chi connectivity index (χ1n) is 10.8. The van der Waals surface area contributed by atoms with Gasteiger partial charge in [-0.05, 0) is 56.1 Å². The molecule has 1 saturated heterocycles. The first-order chi connectivity index (χ1) is 14.2. The Morgan fingerprint density at radius 2 is 1.90 bits per heavy atom. The van der Waals surface area contributed by atoms with Crippen LogP contribution in [0.4, 0.5) is 0 Å². The van der Waals surface area contributed by atoms with E-state index in [0.29, 0.717) is 18.4 Å². The monoisotopic (exact) mass is 393 g/mol. The van der Waals surface area contributed by atoms with Crippen molar-refractivity contribution < 1.29 is 9.53 Å². The fourth-order valence-corrected chi connectivity index (χ4v) is 4.50. The molecule has 2 aliphatic heterocycles. The number of amides is 1. The molecule has 2 fully saturated rings. The lowest BCUT2D eigenvalue weighted by molar-refractivity contribution is -0.141. The van der Waals surface area contributed by atoms with Crippen molar-refractivity contribution in [1.29, 1.82) is 0 Å². The van der Waals surface area contributed by atoms with E-state index in [2.05, 4.69) is 11.1 Å². The Balaban J connectivity index is 1.16. The highest BCUT2D eigenvalue weighted by molar-refractivity contribution is 5.81. The minimum atomic E-state index is -0.372. The first-order valence-corrected chi connectivity index (χ1v) is 10.8. The fourth-order valence-electron chi connectivity index (χ4n) is 4.50. The second kappa shape index (κ2) is 7.65. The summed E-state index contributed by atoms with van der Waals surface area (Å²) in [5.74, 6) is 1.85. The van der Waals surface area contributed by atoms with Crippen LogP contribution in [0.5, 0.6) is 5.75 Å². The van der Waals surface area contributed by atoms with Crippen LogP contribution in [0.2, 0.25) is 0 Å². The largest absolute Gasteiger partial charge is 0.480 e. The average molecular weight is 393 g/mol. The summed E-state index contributed by atoms with van der Waals surface area (Å²) < 4.78 is 7.71. The number of benzene rings is 1. The second-order valence-electron chi connectivity index (χ2n) is 8.60. The molecule has 0 bridgehead atoms. The van der Waals surface area contributed by atoms with E-state index in [1.165, 1.54) is 5.56 Å². The topological polar surface area (TPSA) is 64.4 Å². The Morgan fingerprint density at radius 3 is 2.66 bits per heavy atom. The number of likely N-dealkylation sites (tertiary alicyclic amines) is 1. The second-order valence-corrected chi connectivity index (χ2v) is 8.60.